The molecule has 0 aromatic carbocycles. The van der Waals surface area contributed by atoms with Crippen LogP contribution in [0.3, 0.4) is 0 Å². The molecule has 2 atom stereocenters. The van der Waals surface area contributed by atoms with E-state index in [0.717, 1.165) is 11.7 Å². The molecule has 2 heterocycles. The lowest BCUT2D eigenvalue weighted by Gasteiger charge is -2.29. The molecule has 7 heteroatoms. The van der Waals surface area contributed by atoms with Crippen LogP contribution in [-0.4, -0.2) is 59.3 Å². The van der Waals surface area contributed by atoms with Crippen LogP contribution >= 0.6 is 45.6 Å². The Labute approximate surface area is 123 Å². The first-order valence-corrected chi connectivity index (χ1v) is 7.38. The Morgan fingerprint density at radius 3 is 2.56 bits per heavy atom. The first-order chi connectivity index (χ1) is 7.09. The summed E-state index contributed by atoms with van der Waals surface area (Å²) in [5, 5.41) is 5.80. The second kappa shape index (κ2) is 6.12. The average Bonchev–Trinajstić information content (AvgIpc) is 2.76. The Balaban J connectivity index is 0.00000128. The smallest absolute Gasteiger partial charge is 0.175 e. The summed E-state index contributed by atoms with van der Waals surface area (Å²) in [6, 6.07) is 0.647. The molecule has 16 heavy (non-hydrogen) atoms. The second-order valence-corrected chi connectivity index (χ2v) is 6.41. The number of hydrogen-bond donors (Lipinski definition) is 0. The van der Waals surface area contributed by atoms with Crippen LogP contribution in [-0.2, 0) is 0 Å². The fraction of sp³-hybridized carbons (Fsp3) is 0.889. The molecule has 4 nitrogen and oxygen atoms in total. The van der Waals surface area contributed by atoms with Crippen LogP contribution in [0.4, 0.5) is 0 Å². The van der Waals surface area contributed by atoms with Gasteiger partial charge < -0.3 is 4.90 Å². The molecule has 94 valence electrons. The highest BCUT2D eigenvalue weighted by atomic mass is 127. The van der Waals surface area contributed by atoms with Gasteiger partial charge in [0.15, 0.2) is 10.7 Å². The summed E-state index contributed by atoms with van der Waals surface area (Å²) in [5.41, 5.74) is 0.266. The predicted octanol–water partition coefficient (Wildman–Crippen LogP) is 2.14. The van der Waals surface area contributed by atoms with Gasteiger partial charge in [-0.3, -0.25) is 0 Å². The topological polar surface area (TPSA) is 22.1 Å². The zero-order valence-electron chi connectivity index (χ0n) is 10.1. The SMILES string of the molecule is CC1CCN(C2N=C(N(C)C)SS2)N1C.I. The monoisotopic (exact) mass is 374 g/mol. The van der Waals surface area contributed by atoms with Gasteiger partial charge in [0.25, 0.3) is 0 Å². The molecular formula is C9H19IN4S2. The molecule has 0 radical (unpaired) electrons. The van der Waals surface area contributed by atoms with Gasteiger partial charge in [-0.25, -0.2) is 15.0 Å². The van der Waals surface area contributed by atoms with E-state index in [0.29, 0.717) is 6.04 Å². The molecule has 0 N–H and O–H groups in total. The molecule has 0 aliphatic carbocycles. The van der Waals surface area contributed by atoms with E-state index >= 15 is 0 Å². The van der Waals surface area contributed by atoms with Gasteiger partial charge in [-0.2, -0.15) is 0 Å². The lowest BCUT2D eigenvalue weighted by atomic mass is 10.3. The Morgan fingerprint density at radius 1 is 1.44 bits per heavy atom. The summed E-state index contributed by atoms with van der Waals surface area (Å²) < 4.78 is 0. The van der Waals surface area contributed by atoms with Gasteiger partial charge in [-0.05, 0) is 34.9 Å². The van der Waals surface area contributed by atoms with E-state index < -0.39 is 0 Å². The summed E-state index contributed by atoms with van der Waals surface area (Å²) in [4.78, 5) is 6.79. The van der Waals surface area contributed by atoms with Crippen molar-refractivity contribution in [3.8, 4) is 0 Å². The Bertz CT molecular complexity index is 274. The molecule has 2 aliphatic heterocycles. The summed E-state index contributed by atoms with van der Waals surface area (Å²) in [5.74, 6) is 0. The van der Waals surface area contributed by atoms with E-state index in [-0.39, 0.29) is 29.5 Å². The van der Waals surface area contributed by atoms with Crippen LogP contribution in [0.1, 0.15) is 13.3 Å². The van der Waals surface area contributed by atoms with Crippen molar-refractivity contribution >= 4 is 50.7 Å². The van der Waals surface area contributed by atoms with Crippen molar-refractivity contribution in [2.45, 2.75) is 24.9 Å². The predicted molar refractivity (Wildman–Crippen MR) is 84.1 cm³/mol. The van der Waals surface area contributed by atoms with Crippen LogP contribution < -0.4 is 0 Å². The van der Waals surface area contributed by atoms with Gasteiger partial charge in [0.1, 0.15) is 0 Å². The van der Waals surface area contributed by atoms with Crippen LogP contribution in [0, 0.1) is 0 Å². The molecule has 1 saturated heterocycles. The number of hydrogen-bond acceptors (Lipinski definition) is 6. The molecule has 2 aliphatic rings. The van der Waals surface area contributed by atoms with Crippen LogP contribution in [0.2, 0.25) is 0 Å². The maximum Gasteiger partial charge on any atom is 0.175 e. The number of halogens is 1. The Kier molecular flexibility index (Phi) is 5.69. The first-order valence-electron chi connectivity index (χ1n) is 5.17. The van der Waals surface area contributed by atoms with Crippen molar-refractivity contribution in [1.29, 1.82) is 0 Å². The lowest BCUT2D eigenvalue weighted by molar-refractivity contribution is 0.0222. The maximum absolute atomic E-state index is 4.71. The third-order valence-corrected chi connectivity index (χ3v) is 5.38. The Morgan fingerprint density at radius 2 is 2.12 bits per heavy atom. The molecule has 0 aromatic heterocycles. The minimum absolute atomic E-state index is 0. The van der Waals surface area contributed by atoms with E-state index in [1.165, 1.54) is 6.42 Å². The molecular weight excluding hydrogens is 355 g/mol. The molecule has 0 aromatic rings. The van der Waals surface area contributed by atoms with Crippen molar-refractivity contribution in [3.63, 3.8) is 0 Å². The van der Waals surface area contributed by atoms with Gasteiger partial charge in [-0.15, -0.1) is 24.0 Å². The highest BCUT2D eigenvalue weighted by molar-refractivity contribution is 14.0. The van der Waals surface area contributed by atoms with Gasteiger partial charge in [0, 0.05) is 33.7 Å². The van der Waals surface area contributed by atoms with Crippen molar-refractivity contribution in [2.75, 3.05) is 27.7 Å². The highest BCUT2D eigenvalue weighted by Gasteiger charge is 2.34. The molecule has 2 rings (SSSR count). The van der Waals surface area contributed by atoms with E-state index in [2.05, 4.69) is 28.9 Å². The molecule has 0 spiro atoms. The Hall–Kier alpha value is 0.820. The fourth-order valence-corrected chi connectivity index (χ4v) is 4.26. The van der Waals surface area contributed by atoms with Gasteiger partial charge >= 0.3 is 0 Å². The largest absolute Gasteiger partial charge is 0.357 e. The van der Waals surface area contributed by atoms with E-state index in [4.69, 9.17) is 4.99 Å². The third-order valence-electron chi connectivity index (χ3n) is 2.89. The highest BCUT2D eigenvalue weighted by Crippen LogP contribution is 2.40. The minimum Gasteiger partial charge on any atom is -0.357 e. The standard InChI is InChI=1S/C9H18N4S2.HI/c1-7-5-6-13(12(7)4)9-10-8(11(2)3)14-15-9;/h7,9H,5-6H2,1-4H3;1H. The number of aliphatic imine (C=N–C) groups is 1. The molecule has 0 bridgehead atoms. The zero-order valence-corrected chi connectivity index (χ0v) is 14.0. The molecule has 0 amide bonds. The zero-order chi connectivity index (χ0) is 11.0. The van der Waals surface area contributed by atoms with Crippen molar-refractivity contribution < 1.29 is 0 Å². The first kappa shape index (κ1) is 14.9. The second-order valence-electron chi connectivity index (χ2n) is 4.19. The van der Waals surface area contributed by atoms with Crippen LogP contribution in [0.25, 0.3) is 0 Å². The summed E-state index contributed by atoms with van der Waals surface area (Å²) >= 11 is 0. The molecule has 1 fully saturated rings. The van der Waals surface area contributed by atoms with Gasteiger partial charge in [0.05, 0.1) is 0 Å². The van der Waals surface area contributed by atoms with Crippen molar-refractivity contribution in [2.24, 2.45) is 4.99 Å². The normalized spacial score (nSPS) is 31.4. The number of hydrazine groups is 1. The number of rotatable bonds is 1. The summed E-state index contributed by atoms with van der Waals surface area (Å²) in [6.45, 7) is 3.39. The van der Waals surface area contributed by atoms with E-state index in [1.54, 1.807) is 10.8 Å². The van der Waals surface area contributed by atoms with Gasteiger partial charge in [-0.1, -0.05) is 0 Å². The maximum atomic E-state index is 4.71. The van der Waals surface area contributed by atoms with E-state index in [9.17, 15) is 0 Å². The van der Waals surface area contributed by atoms with Crippen molar-refractivity contribution in [1.82, 2.24) is 14.9 Å². The summed E-state index contributed by atoms with van der Waals surface area (Å²) in [7, 11) is 9.86. The number of amidine groups is 1. The fourth-order valence-electron chi connectivity index (χ4n) is 1.71. The quantitative estimate of drug-likeness (QED) is 0.517. The van der Waals surface area contributed by atoms with Gasteiger partial charge in [0.2, 0.25) is 0 Å². The molecule has 0 saturated carbocycles. The van der Waals surface area contributed by atoms with E-state index in [1.807, 2.05) is 24.9 Å². The third kappa shape index (κ3) is 2.98. The number of nitrogens with zero attached hydrogens (tertiary/aromatic N) is 4. The lowest BCUT2D eigenvalue weighted by Crippen LogP contribution is -2.41. The minimum atomic E-state index is 0. The van der Waals surface area contributed by atoms with Crippen LogP contribution in [0.5, 0.6) is 0 Å². The summed E-state index contributed by atoms with van der Waals surface area (Å²) in [6.07, 6.45) is 1.24. The average molecular weight is 374 g/mol. The van der Waals surface area contributed by atoms with Crippen molar-refractivity contribution in [3.05, 3.63) is 0 Å². The van der Waals surface area contributed by atoms with Crippen LogP contribution in [0.15, 0.2) is 4.99 Å². The molecule has 2 unspecified atom stereocenters.